The molecule has 0 amide bonds. The van der Waals surface area contributed by atoms with Crippen molar-refractivity contribution in [3.63, 3.8) is 0 Å². The third-order valence-electron chi connectivity index (χ3n) is 3.60. The molecule has 1 atom stereocenters. The van der Waals surface area contributed by atoms with Gasteiger partial charge in [0.1, 0.15) is 0 Å². The maximum atomic E-state index is 12.9. The number of hydrogen-bond donors (Lipinski definition) is 1. The quantitative estimate of drug-likeness (QED) is 0.751. The van der Waals surface area contributed by atoms with Crippen LogP contribution in [0.2, 0.25) is 0 Å². The van der Waals surface area contributed by atoms with E-state index in [-0.39, 0.29) is 24.9 Å². The standard InChI is InChI=1S/C11H17F2NO2/c1-16-9(15)10(4-5-10)7-14-8-2-3-11(12,13)6-8/h8,14H,2-7H2,1H3/t8-/m1/s1. The molecule has 0 spiro atoms. The van der Waals surface area contributed by atoms with E-state index in [2.05, 4.69) is 5.32 Å². The lowest BCUT2D eigenvalue weighted by molar-refractivity contribution is -0.146. The van der Waals surface area contributed by atoms with Crippen LogP contribution in [-0.4, -0.2) is 31.6 Å². The molecule has 2 aliphatic rings. The van der Waals surface area contributed by atoms with Gasteiger partial charge in [-0.15, -0.1) is 0 Å². The van der Waals surface area contributed by atoms with Gasteiger partial charge in [0, 0.05) is 25.4 Å². The van der Waals surface area contributed by atoms with Crippen molar-refractivity contribution in [3.05, 3.63) is 0 Å². The second-order valence-corrected chi connectivity index (χ2v) is 4.95. The Labute approximate surface area is 93.5 Å². The SMILES string of the molecule is COC(=O)C1(CN[C@@H]2CCC(F)(F)C2)CC1. The number of rotatable bonds is 4. The van der Waals surface area contributed by atoms with Crippen LogP contribution in [-0.2, 0) is 9.53 Å². The largest absolute Gasteiger partial charge is 0.469 e. The zero-order valence-electron chi connectivity index (χ0n) is 9.39. The first kappa shape index (κ1) is 11.8. The summed E-state index contributed by atoms with van der Waals surface area (Å²) in [7, 11) is 1.37. The van der Waals surface area contributed by atoms with E-state index in [0.29, 0.717) is 13.0 Å². The predicted molar refractivity (Wildman–Crippen MR) is 54.3 cm³/mol. The molecule has 0 aliphatic heterocycles. The zero-order valence-corrected chi connectivity index (χ0v) is 9.39. The molecule has 0 radical (unpaired) electrons. The Bertz CT molecular complexity index is 290. The van der Waals surface area contributed by atoms with Gasteiger partial charge in [-0.3, -0.25) is 4.79 Å². The molecule has 1 N–H and O–H groups in total. The summed E-state index contributed by atoms with van der Waals surface area (Å²) in [5.74, 6) is -2.75. The van der Waals surface area contributed by atoms with Crippen molar-refractivity contribution in [2.45, 2.75) is 44.1 Å². The lowest BCUT2D eigenvalue weighted by atomic mass is 10.1. The van der Waals surface area contributed by atoms with Crippen LogP contribution in [0, 0.1) is 5.41 Å². The molecular formula is C11H17F2NO2. The monoisotopic (exact) mass is 233 g/mol. The first-order chi connectivity index (χ1) is 7.47. The molecule has 0 aromatic rings. The molecule has 16 heavy (non-hydrogen) atoms. The van der Waals surface area contributed by atoms with Crippen molar-refractivity contribution in [2.75, 3.05) is 13.7 Å². The summed E-state index contributed by atoms with van der Waals surface area (Å²) in [6.07, 6.45) is 1.94. The van der Waals surface area contributed by atoms with Gasteiger partial charge in [-0.25, -0.2) is 8.78 Å². The molecule has 5 heteroatoms. The summed E-state index contributed by atoms with van der Waals surface area (Å²) in [6.45, 7) is 0.473. The minimum atomic E-state index is -2.53. The molecule has 0 aromatic carbocycles. The highest BCUT2D eigenvalue weighted by Crippen LogP contribution is 2.46. The first-order valence-electron chi connectivity index (χ1n) is 5.67. The second-order valence-electron chi connectivity index (χ2n) is 4.95. The number of carbonyl (C=O) groups is 1. The van der Waals surface area contributed by atoms with Crippen LogP contribution >= 0.6 is 0 Å². The summed E-state index contributed by atoms with van der Waals surface area (Å²) >= 11 is 0. The molecule has 92 valence electrons. The van der Waals surface area contributed by atoms with Crippen LogP contribution < -0.4 is 5.32 Å². The van der Waals surface area contributed by atoms with E-state index >= 15 is 0 Å². The predicted octanol–water partition coefficient (Wildman–Crippen LogP) is 1.72. The summed E-state index contributed by atoms with van der Waals surface area (Å²) in [5, 5.41) is 3.07. The Morgan fingerprint density at radius 3 is 2.56 bits per heavy atom. The molecule has 0 aromatic heterocycles. The Morgan fingerprint density at radius 2 is 2.12 bits per heavy atom. The summed E-state index contributed by atoms with van der Waals surface area (Å²) in [4.78, 5) is 11.4. The maximum absolute atomic E-state index is 12.9. The van der Waals surface area contributed by atoms with Gasteiger partial charge in [0.2, 0.25) is 5.92 Å². The van der Waals surface area contributed by atoms with Crippen molar-refractivity contribution < 1.29 is 18.3 Å². The highest BCUT2D eigenvalue weighted by atomic mass is 19.3. The topological polar surface area (TPSA) is 38.3 Å². The van der Waals surface area contributed by atoms with Gasteiger partial charge in [0.15, 0.2) is 0 Å². The fourth-order valence-corrected chi connectivity index (χ4v) is 2.28. The van der Waals surface area contributed by atoms with E-state index in [0.717, 1.165) is 12.8 Å². The Balaban J connectivity index is 1.78. The van der Waals surface area contributed by atoms with Crippen LogP contribution in [0.25, 0.3) is 0 Å². The average molecular weight is 233 g/mol. The van der Waals surface area contributed by atoms with Gasteiger partial charge < -0.3 is 10.1 Å². The van der Waals surface area contributed by atoms with E-state index in [1.165, 1.54) is 7.11 Å². The lowest BCUT2D eigenvalue weighted by Gasteiger charge is -2.17. The Morgan fingerprint density at radius 1 is 1.44 bits per heavy atom. The van der Waals surface area contributed by atoms with Crippen LogP contribution in [0.15, 0.2) is 0 Å². The molecule has 2 fully saturated rings. The molecule has 0 heterocycles. The molecule has 3 nitrogen and oxygen atoms in total. The summed E-state index contributed by atoms with van der Waals surface area (Å²) in [5.41, 5.74) is -0.424. The van der Waals surface area contributed by atoms with Crippen molar-refractivity contribution in [1.29, 1.82) is 0 Å². The van der Waals surface area contributed by atoms with Gasteiger partial charge in [-0.1, -0.05) is 0 Å². The van der Waals surface area contributed by atoms with Crippen LogP contribution in [0.3, 0.4) is 0 Å². The van der Waals surface area contributed by atoms with Crippen molar-refractivity contribution in [2.24, 2.45) is 5.41 Å². The number of hydrogen-bond acceptors (Lipinski definition) is 3. The van der Waals surface area contributed by atoms with E-state index in [1.807, 2.05) is 0 Å². The number of methoxy groups -OCH3 is 1. The van der Waals surface area contributed by atoms with E-state index in [9.17, 15) is 13.6 Å². The lowest BCUT2D eigenvalue weighted by Crippen LogP contribution is -2.37. The van der Waals surface area contributed by atoms with E-state index in [4.69, 9.17) is 4.74 Å². The van der Waals surface area contributed by atoms with Crippen LogP contribution in [0.1, 0.15) is 32.1 Å². The molecule has 2 saturated carbocycles. The molecule has 0 unspecified atom stereocenters. The molecule has 0 bridgehead atoms. The van der Waals surface area contributed by atoms with Crippen LogP contribution in [0.4, 0.5) is 8.78 Å². The average Bonchev–Trinajstić information content (AvgIpc) is 2.95. The number of alkyl halides is 2. The molecular weight excluding hydrogens is 216 g/mol. The van der Waals surface area contributed by atoms with Gasteiger partial charge in [0.05, 0.1) is 12.5 Å². The number of ether oxygens (including phenoxy) is 1. The normalized spacial score (nSPS) is 30.1. The van der Waals surface area contributed by atoms with Crippen molar-refractivity contribution in [1.82, 2.24) is 5.32 Å². The molecule has 2 aliphatic carbocycles. The minimum absolute atomic E-state index is 0.0457. The van der Waals surface area contributed by atoms with Gasteiger partial charge >= 0.3 is 5.97 Å². The highest BCUT2D eigenvalue weighted by Gasteiger charge is 2.51. The third-order valence-corrected chi connectivity index (χ3v) is 3.60. The van der Waals surface area contributed by atoms with E-state index < -0.39 is 11.3 Å². The molecule has 0 saturated heterocycles. The highest BCUT2D eigenvalue weighted by molar-refractivity contribution is 5.80. The Hall–Kier alpha value is -0.710. The first-order valence-corrected chi connectivity index (χ1v) is 5.67. The van der Waals surface area contributed by atoms with Crippen molar-refractivity contribution >= 4 is 5.97 Å². The van der Waals surface area contributed by atoms with Gasteiger partial charge in [0.25, 0.3) is 0 Å². The number of halogens is 2. The van der Waals surface area contributed by atoms with E-state index in [1.54, 1.807) is 0 Å². The summed E-state index contributed by atoms with van der Waals surface area (Å²) < 4.78 is 30.6. The number of carbonyl (C=O) groups excluding carboxylic acids is 1. The number of nitrogens with one attached hydrogen (secondary N) is 1. The van der Waals surface area contributed by atoms with Crippen LogP contribution in [0.5, 0.6) is 0 Å². The minimum Gasteiger partial charge on any atom is -0.469 e. The fourth-order valence-electron chi connectivity index (χ4n) is 2.28. The maximum Gasteiger partial charge on any atom is 0.313 e. The second kappa shape index (κ2) is 3.95. The van der Waals surface area contributed by atoms with Gasteiger partial charge in [-0.2, -0.15) is 0 Å². The molecule has 2 rings (SSSR count). The van der Waals surface area contributed by atoms with Gasteiger partial charge in [-0.05, 0) is 19.3 Å². The third kappa shape index (κ3) is 2.34. The van der Waals surface area contributed by atoms with Crippen molar-refractivity contribution in [3.8, 4) is 0 Å². The Kier molecular flexibility index (Phi) is 2.90. The fraction of sp³-hybridized carbons (Fsp3) is 0.909. The number of esters is 1. The smallest absolute Gasteiger partial charge is 0.313 e. The summed E-state index contributed by atoms with van der Waals surface area (Å²) in [6, 6.07) is -0.155. The zero-order chi connectivity index (χ0) is 11.8.